The van der Waals surface area contributed by atoms with Gasteiger partial charge < -0.3 is 16.2 Å². The normalized spacial score (nSPS) is 38.5. The lowest BCUT2D eigenvalue weighted by atomic mass is 9.77. The lowest BCUT2D eigenvalue weighted by Gasteiger charge is -2.33. The van der Waals surface area contributed by atoms with E-state index in [0.29, 0.717) is 17.8 Å². The first-order valence-corrected chi connectivity index (χ1v) is 5.53. The maximum Gasteiger partial charge on any atom is 0.115 e. The van der Waals surface area contributed by atoms with Crippen molar-refractivity contribution in [3.63, 3.8) is 0 Å². The number of hydrogen-bond acceptors (Lipinski definition) is 3. The molecule has 1 aromatic carbocycles. The van der Waals surface area contributed by atoms with E-state index in [1.807, 2.05) is 12.1 Å². The molecule has 0 radical (unpaired) electrons. The summed E-state index contributed by atoms with van der Waals surface area (Å²) in [4.78, 5) is 0. The van der Waals surface area contributed by atoms with E-state index in [0.717, 1.165) is 18.4 Å². The number of fused-ring (bicyclic) bond motifs is 2. The zero-order valence-corrected chi connectivity index (χ0v) is 8.61. The zero-order valence-electron chi connectivity index (χ0n) is 8.61. The third-order valence-corrected chi connectivity index (χ3v) is 3.83. The summed E-state index contributed by atoms with van der Waals surface area (Å²) in [6.45, 7) is 0. The van der Waals surface area contributed by atoms with Crippen molar-refractivity contribution in [3.05, 3.63) is 29.8 Å². The molecule has 1 aromatic rings. The van der Waals surface area contributed by atoms with Crippen molar-refractivity contribution in [1.82, 2.24) is 5.32 Å². The van der Waals surface area contributed by atoms with Crippen LogP contribution >= 0.6 is 0 Å². The summed E-state index contributed by atoms with van der Waals surface area (Å²) in [6.07, 6.45) is 3.38. The van der Waals surface area contributed by atoms with Gasteiger partial charge in [0.1, 0.15) is 5.75 Å². The van der Waals surface area contributed by atoms with Crippen LogP contribution in [0, 0.1) is 0 Å². The molecule has 3 unspecified atom stereocenters. The van der Waals surface area contributed by atoms with Gasteiger partial charge in [0.2, 0.25) is 0 Å². The molecule has 4 N–H and O–H groups in total. The van der Waals surface area contributed by atoms with Crippen LogP contribution in [0.1, 0.15) is 24.8 Å². The second-order valence-electron chi connectivity index (χ2n) is 4.79. The molecule has 0 aromatic heterocycles. The van der Waals surface area contributed by atoms with Gasteiger partial charge in [0.15, 0.2) is 0 Å². The molecular formula is C12H16N2O. The fraction of sp³-hybridized carbons (Fsp3) is 0.500. The SMILES string of the molecule is NC1(c2cccc(O)c2)CC2CCC1N2. The summed E-state index contributed by atoms with van der Waals surface area (Å²) in [6, 6.07) is 8.31. The van der Waals surface area contributed by atoms with Crippen LogP contribution in [0.4, 0.5) is 0 Å². The van der Waals surface area contributed by atoms with Gasteiger partial charge in [-0.1, -0.05) is 12.1 Å². The van der Waals surface area contributed by atoms with Crippen molar-refractivity contribution in [2.45, 2.75) is 36.9 Å². The molecule has 0 spiro atoms. The Morgan fingerprint density at radius 1 is 1.40 bits per heavy atom. The van der Waals surface area contributed by atoms with Crippen molar-refractivity contribution < 1.29 is 5.11 Å². The molecule has 2 aliphatic rings. The number of phenolic OH excluding ortho intramolecular Hbond substituents is 1. The molecule has 3 nitrogen and oxygen atoms in total. The van der Waals surface area contributed by atoms with Crippen molar-refractivity contribution >= 4 is 0 Å². The number of phenols is 1. The van der Waals surface area contributed by atoms with Gasteiger partial charge in [-0.2, -0.15) is 0 Å². The highest BCUT2D eigenvalue weighted by molar-refractivity contribution is 5.36. The van der Waals surface area contributed by atoms with Gasteiger partial charge in [-0.05, 0) is 37.0 Å². The Kier molecular flexibility index (Phi) is 1.82. The van der Waals surface area contributed by atoms with Gasteiger partial charge in [0.05, 0.1) is 5.54 Å². The van der Waals surface area contributed by atoms with Crippen molar-refractivity contribution in [2.75, 3.05) is 0 Å². The zero-order chi connectivity index (χ0) is 10.5. The average Bonchev–Trinajstić information content (AvgIpc) is 2.78. The van der Waals surface area contributed by atoms with Crippen LogP contribution in [0.15, 0.2) is 24.3 Å². The Morgan fingerprint density at radius 2 is 2.27 bits per heavy atom. The number of benzene rings is 1. The van der Waals surface area contributed by atoms with E-state index in [1.54, 1.807) is 12.1 Å². The fourth-order valence-corrected chi connectivity index (χ4v) is 3.05. The monoisotopic (exact) mass is 204 g/mol. The van der Waals surface area contributed by atoms with Crippen LogP contribution in [0.3, 0.4) is 0 Å². The molecule has 3 rings (SSSR count). The number of aromatic hydroxyl groups is 1. The lowest BCUT2D eigenvalue weighted by Crippen LogP contribution is -2.47. The van der Waals surface area contributed by atoms with Gasteiger partial charge in [-0.25, -0.2) is 0 Å². The maximum atomic E-state index is 9.48. The van der Waals surface area contributed by atoms with E-state index >= 15 is 0 Å². The van der Waals surface area contributed by atoms with Crippen molar-refractivity contribution in [3.8, 4) is 5.75 Å². The van der Waals surface area contributed by atoms with Crippen LogP contribution in [0.5, 0.6) is 5.75 Å². The third kappa shape index (κ3) is 1.27. The Morgan fingerprint density at radius 3 is 2.87 bits per heavy atom. The molecule has 0 saturated carbocycles. The predicted octanol–water partition coefficient (Wildman–Crippen LogP) is 1.07. The smallest absolute Gasteiger partial charge is 0.115 e. The summed E-state index contributed by atoms with van der Waals surface area (Å²) in [5.74, 6) is 0.306. The molecule has 2 saturated heterocycles. The minimum absolute atomic E-state index is 0.276. The standard InChI is InChI=1S/C12H16N2O/c13-12(7-9-4-5-11(12)14-9)8-2-1-3-10(15)6-8/h1-3,6,9,11,14-15H,4-5,7,13H2. The van der Waals surface area contributed by atoms with E-state index in [-0.39, 0.29) is 5.54 Å². The highest BCUT2D eigenvalue weighted by Crippen LogP contribution is 2.42. The van der Waals surface area contributed by atoms with E-state index < -0.39 is 0 Å². The molecule has 2 heterocycles. The first-order chi connectivity index (χ1) is 7.18. The van der Waals surface area contributed by atoms with Gasteiger partial charge in [-0.3, -0.25) is 0 Å². The predicted molar refractivity (Wildman–Crippen MR) is 58.5 cm³/mol. The number of hydrogen-bond donors (Lipinski definition) is 3. The van der Waals surface area contributed by atoms with Gasteiger partial charge >= 0.3 is 0 Å². The van der Waals surface area contributed by atoms with Crippen LogP contribution in [-0.2, 0) is 5.54 Å². The Balaban J connectivity index is 2.00. The maximum absolute atomic E-state index is 9.48. The van der Waals surface area contributed by atoms with E-state index in [9.17, 15) is 5.11 Å². The van der Waals surface area contributed by atoms with Crippen LogP contribution in [0.25, 0.3) is 0 Å². The highest BCUT2D eigenvalue weighted by atomic mass is 16.3. The highest BCUT2D eigenvalue weighted by Gasteiger charge is 2.49. The molecule has 2 fully saturated rings. The Hall–Kier alpha value is -1.06. The molecule has 80 valence electrons. The number of nitrogens with two attached hydrogens (primary N) is 1. The first kappa shape index (κ1) is 9.19. The lowest BCUT2D eigenvalue weighted by molar-refractivity contribution is 0.341. The molecule has 2 aliphatic heterocycles. The van der Waals surface area contributed by atoms with Crippen LogP contribution < -0.4 is 11.1 Å². The van der Waals surface area contributed by atoms with Gasteiger partial charge in [-0.15, -0.1) is 0 Å². The van der Waals surface area contributed by atoms with E-state index in [2.05, 4.69) is 5.32 Å². The summed E-state index contributed by atoms with van der Waals surface area (Å²) >= 11 is 0. The minimum Gasteiger partial charge on any atom is -0.508 e. The summed E-state index contributed by atoms with van der Waals surface area (Å²) in [5, 5.41) is 13.0. The molecule has 15 heavy (non-hydrogen) atoms. The van der Waals surface area contributed by atoms with Crippen LogP contribution in [0.2, 0.25) is 0 Å². The number of nitrogens with one attached hydrogen (secondary N) is 1. The number of rotatable bonds is 1. The van der Waals surface area contributed by atoms with E-state index in [4.69, 9.17) is 5.73 Å². The van der Waals surface area contributed by atoms with E-state index in [1.165, 1.54) is 6.42 Å². The first-order valence-electron chi connectivity index (χ1n) is 5.53. The molecule has 0 amide bonds. The summed E-state index contributed by atoms with van der Waals surface area (Å²) in [5.41, 5.74) is 7.24. The topological polar surface area (TPSA) is 58.3 Å². The second kappa shape index (κ2) is 2.97. The molecule has 0 aliphatic carbocycles. The van der Waals surface area contributed by atoms with Crippen LogP contribution in [-0.4, -0.2) is 17.2 Å². The van der Waals surface area contributed by atoms with Crippen molar-refractivity contribution in [1.29, 1.82) is 0 Å². The minimum atomic E-state index is -0.276. The molecular weight excluding hydrogens is 188 g/mol. The third-order valence-electron chi connectivity index (χ3n) is 3.83. The summed E-state index contributed by atoms with van der Waals surface area (Å²) < 4.78 is 0. The largest absolute Gasteiger partial charge is 0.508 e. The summed E-state index contributed by atoms with van der Waals surface area (Å²) in [7, 11) is 0. The van der Waals surface area contributed by atoms with Gasteiger partial charge in [0, 0.05) is 12.1 Å². The second-order valence-corrected chi connectivity index (χ2v) is 4.79. The molecule has 2 bridgehead atoms. The average molecular weight is 204 g/mol. The quantitative estimate of drug-likeness (QED) is 0.641. The fourth-order valence-electron chi connectivity index (χ4n) is 3.05. The van der Waals surface area contributed by atoms with Gasteiger partial charge in [0.25, 0.3) is 0 Å². The molecule has 3 heteroatoms. The molecule has 3 atom stereocenters. The Bertz CT molecular complexity index is 393. The Labute approximate surface area is 89.3 Å². The van der Waals surface area contributed by atoms with Crippen molar-refractivity contribution in [2.24, 2.45) is 5.73 Å².